The van der Waals surface area contributed by atoms with Crippen molar-refractivity contribution in [2.24, 2.45) is 0 Å². The molecule has 0 atom stereocenters. The van der Waals surface area contributed by atoms with Gasteiger partial charge in [0.15, 0.2) is 0 Å². The van der Waals surface area contributed by atoms with Gasteiger partial charge in [-0.1, -0.05) is 10.6 Å². The first-order valence-corrected chi connectivity index (χ1v) is 6.63. The van der Waals surface area contributed by atoms with Gasteiger partial charge >= 0.3 is 0 Å². The fraction of sp³-hybridized carbons (Fsp3) is 0.154. The lowest BCUT2D eigenvalue weighted by molar-refractivity contribution is 0.0955. The number of carbonyl (C=O) groups is 1. The fourth-order valence-corrected chi connectivity index (χ4v) is 2.41. The number of nitrogens with one attached hydrogen (secondary N) is 2. The Hall–Kier alpha value is -2.21. The van der Waals surface area contributed by atoms with Crippen LogP contribution in [0.5, 0.6) is 0 Å². The van der Waals surface area contributed by atoms with Crippen LogP contribution < -0.4 is 5.32 Å². The number of H-pyrrole nitrogens is 1. The van der Waals surface area contributed by atoms with E-state index in [-0.39, 0.29) is 5.91 Å². The van der Waals surface area contributed by atoms with Crippen LogP contribution >= 0.6 is 11.5 Å². The van der Waals surface area contributed by atoms with E-state index in [9.17, 15) is 4.79 Å². The Morgan fingerprint density at radius 3 is 3.11 bits per heavy atom. The van der Waals surface area contributed by atoms with Gasteiger partial charge in [-0.15, -0.1) is 5.10 Å². The van der Waals surface area contributed by atoms with Crippen LogP contribution in [0.3, 0.4) is 0 Å². The first kappa shape index (κ1) is 11.9. The largest absolute Gasteiger partial charge is 0.359 e. The molecule has 0 saturated carbocycles. The molecule has 2 heterocycles. The summed E-state index contributed by atoms with van der Waals surface area (Å²) in [7, 11) is 0. The molecule has 1 aromatic carbocycles. The normalized spacial score (nSPS) is 10.8. The number of hydrogen-bond donors (Lipinski definition) is 2. The van der Waals surface area contributed by atoms with E-state index in [1.54, 1.807) is 0 Å². The van der Waals surface area contributed by atoms with Crippen LogP contribution in [0.4, 0.5) is 0 Å². The summed E-state index contributed by atoms with van der Waals surface area (Å²) in [6.07, 6.45) is 1.47. The third kappa shape index (κ3) is 2.48. The first-order chi connectivity index (χ1) is 9.22. The van der Waals surface area contributed by atoms with Gasteiger partial charge in [-0.3, -0.25) is 4.79 Å². The molecule has 96 valence electrons. The molecule has 0 bridgehead atoms. The summed E-state index contributed by atoms with van der Waals surface area (Å²) in [6.45, 7) is 2.52. The molecule has 0 unspecified atom stereocenters. The minimum atomic E-state index is -0.139. The Balaban J connectivity index is 1.73. The predicted molar refractivity (Wildman–Crippen MR) is 74.1 cm³/mol. The lowest BCUT2D eigenvalue weighted by Gasteiger charge is -2.03. The van der Waals surface area contributed by atoms with Crippen LogP contribution in [0, 0.1) is 6.92 Å². The summed E-state index contributed by atoms with van der Waals surface area (Å²) < 4.78 is 3.67. The van der Waals surface area contributed by atoms with Crippen molar-refractivity contribution in [3.63, 3.8) is 0 Å². The summed E-state index contributed by atoms with van der Waals surface area (Å²) in [5.41, 5.74) is 3.31. The maximum Gasteiger partial charge on any atom is 0.264 e. The van der Waals surface area contributed by atoms with E-state index in [1.807, 2.05) is 19.1 Å². The number of aromatic nitrogens is 3. The smallest absolute Gasteiger partial charge is 0.264 e. The monoisotopic (exact) mass is 272 g/mol. The third-order valence-electron chi connectivity index (χ3n) is 2.86. The maximum atomic E-state index is 11.8. The van der Waals surface area contributed by atoms with Crippen LogP contribution in [0.2, 0.25) is 0 Å². The molecule has 19 heavy (non-hydrogen) atoms. The van der Waals surface area contributed by atoms with E-state index in [1.165, 1.54) is 6.20 Å². The summed E-state index contributed by atoms with van der Waals surface area (Å²) in [6, 6.07) is 8.19. The lowest BCUT2D eigenvalue weighted by Crippen LogP contribution is -2.21. The Labute approximate surface area is 113 Å². The quantitative estimate of drug-likeness (QED) is 0.768. The number of hydrogen-bond acceptors (Lipinski definition) is 4. The van der Waals surface area contributed by atoms with Gasteiger partial charge in [-0.25, -0.2) is 0 Å². The van der Waals surface area contributed by atoms with E-state index in [4.69, 9.17) is 0 Å². The molecule has 0 radical (unpaired) electrons. The summed E-state index contributed by atoms with van der Waals surface area (Å²) in [5, 5.41) is 7.66. The van der Waals surface area contributed by atoms with Gasteiger partial charge in [0, 0.05) is 17.8 Å². The standard InChI is InChI=1S/C13H12N4OS/c1-8-4-10-5-9(2-3-11(10)16-8)6-14-13(18)12-7-15-17-19-12/h2-5,7,16H,6H2,1H3,(H,14,18). The topological polar surface area (TPSA) is 70.7 Å². The van der Waals surface area contributed by atoms with E-state index in [0.717, 1.165) is 33.7 Å². The van der Waals surface area contributed by atoms with E-state index in [2.05, 4.69) is 32.0 Å². The molecular formula is C13H12N4OS. The molecule has 0 saturated heterocycles. The predicted octanol–water partition coefficient (Wildman–Crippen LogP) is 2.26. The highest BCUT2D eigenvalue weighted by Gasteiger charge is 2.08. The Kier molecular flexibility index (Phi) is 3.00. The van der Waals surface area contributed by atoms with Gasteiger partial charge in [0.2, 0.25) is 0 Å². The molecule has 0 aliphatic carbocycles. The van der Waals surface area contributed by atoms with Crippen LogP contribution in [-0.4, -0.2) is 20.5 Å². The maximum absolute atomic E-state index is 11.8. The van der Waals surface area contributed by atoms with Crippen molar-refractivity contribution in [2.45, 2.75) is 13.5 Å². The third-order valence-corrected chi connectivity index (χ3v) is 3.52. The van der Waals surface area contributed by atoms with Crippen molar-refractivity contribution in [3.05, 3.63) is 46.6 Å². The van der Waals surface area contributed by atoms with Crippen molar-refractivity contribution in [1.29, 1.82) is 0 Å². The number of benzene rings is 1. The molecule has 5 nitrogen and oxygen atoms in total. The molecule has 0 fully saturated rings. The van der Waals surface area contributed by atoms with Crippen molar-refractivity contribution in [2.75, 3.05) is 0 Å². The Bertz CT molecular complexity index is 717. The zero-order valence-corrected chi connectivity index (χ0v) is 11.1. The molecule has 3 rings (SSSR count). The molecule has 6 heteroatoms. The van der Waals surface area contributed by atoms with Crippen molar-refractivity contribution in [1.82, 2.24) is 19.9 Å². The molecule has 0 aliphatic heterocycles. The fourth-order valence-electron chi connectivity index (χ4n) is 1.97. The van der Waals surface area contributed by atoms with Crippen LogP contribution in [0.15, 0.2) is 30.5 Å². The van der Waals surface area contributed by atoms with Crippen molar-refractivity contribution >= 4 is 28.3 Å². The molecule has 0 spiro atoms. The number of fused-ring (bicyclic) bond motifs is 1. The number of amides is 1. The van der Waals surface area contributed by atoms with Gasteiger partial charge in [0.25, 0.3) is 5.91 Å². The van der Waals surface area contributed by atoms with Crippen LogP contribution in [0.1, 0.15) is 20.9 Å². The van der Waals surface area contributed by atoms with Crippen LogP contribution in [0.25, 0.3) is 10.9 Å². The van der Waals surface area contributed by atoms with Crippen molar-refractivity contribution in [3.8, 4) is 0 Å². The van der Waals surface area contributed by atoms with E-state index in [0.29, 0.717) is 11.4 Å². The lowest BCUT2D eigenvalue weighted by atomic mass is 10.1. The van der Waals surface area contributed by atoms with Crippen molar-refractivity contribution < 1.29 is 4.79 Å². The average molecular weight is 272 g/mol. The summed E-state index contributed by atoms with van der Waals surface area (Å²) >= 11 is 1.09. The summed E-state index contributed by atoms with van der Waals surface area (Å²) in [5.74, 6) is -0.139. The first-order valence-electron chi connectivity index (χ1n) is 5.86. The molecule has 2 aromatic heterocycles. The minimum absolute atomic E-state index is 0.139. The number of carbonyl (C=O) groups excluding carboxylic acids is 1. The molecule has 0 aliphatic rings. The molecule has 2 N–H and O–H groups in total. The van der Waals surface area contributed by atoms with E-state index < -0.39 is 0 Å². The second-order valence-electron chi connectivity index (χ2n) is 4.34. The Morgan fingerprint density at radius 1 is 1.42 bits per heavy atom. The Morgan fingerprint density at radius 2 is 2.32 bits per heavy atom. The highest BCUT2D eigenvalue weighted by Crippen LogP contribution is 2.16. The van der Waals surface area contributed by atoms with E-state index >= 15 is 0 Å². The zero-order valence-electron chi connectivity index (χ0n) is 10.3. The summed E-state index contributed by atoms with van der Waals surface area (Å²) in [4.78, 5) is 15.6. The second kappa shape index (κ2) is 4.81. The van der Waals surface area contributed by atoms with Gasteiger partial charge in [-0.2, -0.15) is 0 Å². The number of aromatic amines is 1. The highest BCUT2D eigenvalue weighted by molar-refractivity contribution is 7.07. The highest BCUT2D eigenvalue weighted by atomic mass is 32.1. The average Bonchev–Trinajstić information content (AvgIpc) is 3.03. The van der Waals surface area contributed by atoms with Gasteiger partial charge in [0.05, 0.1) is 6.20 Å². The SMILES string of the molecule is Cc1cc2cc(CNC(=O)c3cnns3)ccc2[nH]1. The molecular weight excluding hydrogens is 260 g/mol. The second-order valence-corrected chi connectivity index (χ2v) is 5.12. The molecule has 1 amide bonds. The minimum Gasteiger partial charge on any atom is -0.359 e. The molecule has 3 aromatic rings. The number of aryl methyl sites for hydroxylation is 1. The van der Waals surface area contributed by atoms with Gasteiger partial charge in [0.1, 0.15) is 4.88 Å². The number of nitrogens with zero attached hydrogens (tertiary/aromatic N) is 2. The van der Waals surface area contributed by atoms with Gasteiger partial charge < -0.3 is 10.3 Å². The zero-order chi connectivity index (χ0) is 13.2. The van der Waals surface area contributed by atoms with Crippen LogP contribution in [-0.2, 0) is 6.54 Å². The van der Waals surface area contributed by atoms with Gasteiger partial charge in [-0.05, 0) is 47.6 Å². The number of rotatable bonds is 3.